The minimum absolute atomic E-state index is 0.643. The molecule has 0 heterocycles. The summed E-state index contributed by atoms with van der Waals surface area (Å²) < 4.78 is 0. The molecule has 2 aliphatic carbocycles. The van der Waals surface area contributed by atoms with E-state index >= 15 is 0 Å². The van der Waals surface area contributed by atoms with E-state index in [2.05, 4.69) is 16.3 Å². The molecule has 4 heteroatoms. The molecule has 0 bridgehead atoms. The Balaban J connectivity index is 1.64. The van der Waals surface area contributed by atoms with Crippen LogP contribution in [0.25, 0.3) is 0 Å². The van der Waals surface area contributed by atoms with Crippen molar-refractivity contribution in [2.24, 2.45) is 11.8 Å². The number of nitrogens with one attached hydrogen (secondary N) is 3. The van der Waals surface area contributed by atoms with Crippen molar-refractivity contribution in [3.63, 3.8) is 0 Å². The molecule has 2 saturated carbocycles. The Morgan fingerprint density at radius 2 is 1.53 bits per heavy atom. The third-order valence-corrected chi connectivity index (χ3v) is 4.29. The second kappa shape index (κ2) is 7.31. The van der Waals surface area contributed by atoms with Crippen molar-refractivity contribution in [2.45, 2.75) is 69.9 Å². The first-order valence-electron chi connectivity index (χ1n) is 7.33. The first kappa shape index (κ1) is 13.3. The average Bonchev–Trinajstić information content (AvgIpc) is 2.39. The van der Waals surface area contributed by atoms with Gasteiger partial charge in [0, 0.05) is 18.6 Å². The minimum atomic E-state index is 0.643. The van der Waals surface area contributed by atoms with E-state index in [-0.39, 0.29) is 0 Å². The van der Waals surface area contributed by atoms with Gasteiger partial charge in [-0.05, 0) is 38.0 Å². The summed E-state index contributed by atoms with van der Waals surface area (Å²) in [5.74, 6) is 6.16. The van der Waals surface area contributed by atoms with Gasteiger partial charge in [-0.3, -0.25) is 22.1 Å². The first-order valence-corrected chi connectivity index (χ1v) is 7.33. The van der Waals surface area contributed by atoms with Crippen molar-refractivity contribution in [2.75, 3.05) is 6.54 Å². The van der Waals surface area contributed by atoms with E-state index < -0.39 is 0 Å². The molecule has 0 spiro atoms. The van der Waals surface area contributed by atoms with Gasteiger partial charge in [0.2, 0.25) is 0 Å². The fraction of sp³-hybridized carbons (Fsp3) is 1.00. The van der Waals surface area contributed by atoms with Gasteiger partial charge in [-0.1, -0.05) is 25.7 Å². The van der Waals surface area contributed by atoms with Crippen LogP contribution in [0.3, 0.4) is 0 Å². The molecule has 2 unspecified atom stereocenters. The van der Waals surface area contributed by atoms with E-state index in [0.717, 1.165) is 12.5 Å². The van der Waals surface area contributed by atoms with Crippen molar-refractivity contribution in [1.29, 1.82) is 0 Å². The molecule has 0 radical (unpaired) electrons. The highest BCUT2D eigenvalue weighted by atomic mass is 15.4. The van der Waals surface area contributed by atoms with Crippen LogP contribution in [0.2, 0.25) is 0 Å². The maximum atomic E-state index is 5.41. The van der Waals surface area contributed by atoms with Crippen LogP contribution in [0.1, 0.15) is 57.8 Å². The quantitative estimate of drug-likeness (QED) is 0.434. The number of hydrazine groups is 2. The van der Waals surface area contributed by atoms with Crippen LogP contribution < -0.4 is 22.1 Å². The lowest BCUT2D eigenvalue weighted by Gasteiger charge is -2.32. The van der Waals surface area contributed by atoms with Crippen molar-refractivity contribution >= 4 is 0 Å². The highest BCUT2D eigenvalue weighted by Crippen LogP contribution is 2.23. The third-order valence-electron chi connectivity index (χ3n) is 4.29. The molecule has 4 nitrogen and oxygen atoms in total. The van der Waals surface area contributed by atoms with Crippen LogP contribution in [0, 0.1) is 5.92 Å². The fourth-order valence-electron chi connectivity index (χ4n) is 3.26. The molecule has 2 rings (SSSR count). The lowest BCUT2D eigenvalue weighted by atomic mass is 9.86. The molecule has 2 atom stereocenters. The molecular formula is C13H28N4. The second-order valence-corrected chi connectivity index (χ2v) is 5.76. The Labute approximate surface area is 105 Å². The van der Waals surface area contributed by atoms with Crippen LogP contribution >= 0.6 is 0 Å². The highest BCUT2D eigenvalue weighted by Gasteiger charge is 2.22. The van der Waals surface area contributed by atoms with E-state index in [1.54, 1.807) is 0 Å². The summed E-state index contributed by atoms with van der Waals surface area (Å²) in [7, 11) is 0. The van der Waals surface area contributed by atoms with Crippen LogP contribution in [-0.4, -0.2) is 18.6 Å². The largest absolute Gasteiger partial charge is 0.271 e. The van der Waals surface area contributed by atoms with Gasteiger partial charge in [0.1, 0.15) is 0 Å². The van der Waals surface area contributed by atoms with Crippen molar-refractivity contribution in [3.8, 4) is 0 Å². The molecule has 0 aromatic carbocycles. The maximum Gasteiger partial charge on any atom is 0.0216 e. The molecule has 2 aliphatic rings. The van der Waals surface area contributed by atoms with Gasteiger partial charge in [-0.25, -0.2) is 0 Å². The van der Waals surface area contributed by atoms with Gasteiger partial charge in [0.25, 0.3) is 0 Å². The van der Waals surface area contributed by atoms with E-state index in [9.17, 15) is 0 Å². The number of nitrogens with two attached hydrogens (primary N) is 1. The van der Waals surface area contributed by atoms with E-state index in [1.807, 2.05) is 0 Å². The summed E-state index contributed by atoms with van der Waals surface area (Å²) in [5, 5.41) is 0. The Hall–Kier alpha value is -0.160. The molecule has 5 N–H and O–H groups in total. The Morgan fingerprint density at radius 3 is 2.29 bits per heavy atom. The standard InChI is InChI=1S/C13H28N4/c14-15-10-11-5-4-8-13(9-11)17-16-12-6-2-1-3-7-12/h11-13,15-17H,1-10,14H2. The summed E-state index contributed by atoms with van der Waals surface area (Å²) >= 11 is 0. The average molecular weight is 240 g/mol. The van der Waals surface area contributed by atoms with E-state index in [4.69, 9.17) is 5.84 Å². The highest BCUT2D eigenvalue weighted by molar-refractivity contribution is 4.79. The summed E-state index contributed by atoms with van der Waals surface area (Å²) in [6, 6.07) is 1.35. The van der Waals surface area contributed by atoms with Crippen LogP contribution in [0.15, 0.2) is 0 Å². The number of hydrogen-bond acceptors (Lipinski definition) is 4. The van der Waals surface area contributed by atoms with Gasteiger partial charge < -0.3 is 0 Å². The molecule has 0 saturated heterocycles. The Kier molecular flexibility index (Phi) is 5.71. The SMILES string of the molecule is NNCC1CCCC(NNC2CCCCC2)C1. The lowest BCUT2D eigenvalue weighted by molar-refractivity contribution is 0.232. The smallest absolute Gasteiger partial charge is 0.0216 e. The zero-order chi connectivity index (χ0) is 11.9. The predicted octanol–water partition coefficient (Wildman–Crippen LogP) is 1.44. The maximum absolute atomic E-state index is 5.41. The molecule has 100 valence electrons. The summed E-state index contributed by atoms with van der Waals surface area (Å²) in [6.07, 6.45) is 12.1. The number of rotatable bonds is 5. The molecule has 0 aliphatic heterocycles. The van der Waals surface area contributed by atoms with Gasteiger partial charge >= 0.3 is 0 Å². The van der Waals surface area contributed by atoms with Crippen molar-refractivity contribution in [3.05, 3.63) is 0 Å². The Bertz CT molecular complexity index is 202. The monoisotopic (exact) mass is 240 g/mol. The molecule has 0 amide bonds. The molecular weight excluding hydrogens is 212 g/mol. The third kappa shape index (κ3) is 4.54. The van der Waals surface area contributed by atoms with E-state index in [0.29, 0.717) is 12.1 Å². The van der Waals surface area contributed by atoms with E-state index in [1.165, 1.54) is 57.8 Å². The van der Waals surface area contributed by atoms with Crippen molar-refractivity contribution in [1.82, 2.24) is 16.3 Å². The molecule has 0 aromatic heterocycles. The lowest BCUT2D eigenvalue weighted by Crippen LogP contribution is -2.49. The topological polar surface area (TPSA) is 62.1 Å². The zero-order valence-corrected chi connectivity index (χ0v) is 10.9. The Morgan fingerprint density at radius 1 is 0.824 bits per heavy atom. The normalized spacial score (nSPS) is 31.6. The molecule has 17 heavy (non-hydrogen) atoms. The van der Waals surface area contributed by atoms with Crippen molar-refractivity contribution < 1.29 is 0 Å². The van der Waals surface area contributed by atoms with Gasteiger partial charge in [0.15, 0.2) is 0 Å². The first-order chi connectivity index (χ1) is 8.38. The summed E-state index contributed by atoms with van der Waals surface area (Å²) in [4.78, 5) is 0. The zero-order valence-electron chi connectivity index (χ0n) is 10.9. The van der Waals surface area contributed by atoms with Gasteiger partial charge in [-0.15, -0.1) is 0 Å². The summed E-state index contributed by atoms with van der Waals surface area (Å²) in [5.41, 5.74) is 9.93. The van der Waals surface area contributed by atoms with Crippen LogP contribution in [0.4, 0.5) is 0 Å². The molecule has 2 fully saturated rings. The van der Waals surface area contributed by atoms with Crippen LogP contribution in [0.5, 0.6) is 0 Å². The fourth-order valence-corrected chi connectivity index (χ4v) is 3.26. The van der Waals surface area contributed by atoms with Crippen LogP contribution in [-0.2, 0) is 0 Å². The molecule has 0 aromatic rings. The van der Waals surface area contributed by atoms with Gasteiger partial charge in [-0.2, -0.15) is 0 Å². The second-order valence-electron chi connectivity index (χ2n) is 5.76. The predicted molar refractivity (Wildman–Crippen MR) is 71.1 cm³/mol. The summed E-state index contributed by atoms with van der Waals surface area (Å²) in [6.45, 7) is 0.960. The number of hydrogen-bond donors (Lipinski definition) is 4. The van der Waals surface area contributed by atoms with Gasteiger partial charge in [0.05, 0.1) is 0 Å². The minimum Gasteiger partial charge on any atom is -0.271 e.